The Morgan fingerprint density at radius 1 is 1.40 bits per heavy atom. The summed E-state index contributed by atoms with van der Waals surface area (Å²) in [4.78, 5) is 17.3. The second-order valence-corrected chi connectivity index (χ2v) is 5.61. The van der Waals surface area contributed by atoms with Crippen molar-refractivity contribution in [3.05, 3.63) is 23.9 Å². The number of ether oxygens (including phenoxy) is 1. The van der Waals surface area contributed by atoms with E-state index in [0.29, 0.717) is 5.88 Å². The van der Waals surface area contributed by atoms with Crippen molar-refractivity contribution in [3.63, 3.8) is 0 Å². The van der Waals surface area contributed by atoms with Crippen molar-refractivity contribution in [2.75, 3.05) is 0 Å². The van der Waals surface area contributed by atoms with Crippen molar-refractivity contribution < 1.29 is 14.6 Å². The predicted octanol–water partition coefficient (Wildman–Crippen LogP) is 2.70. The Morgan fingerprint density at radius 3 is 2.70 bits per heavy atom. The Balaban J connectivity index is 1.67. The van der Waals surface area contributed by atoms with E-state index in [4.69, 9.17) is 4.74 Å². The number of hydrogen-bond acceptors (Lipinski definition) is 3. The summed E-state index contributed by atoms with van der Waals surface area (Å²) in [6, 6.07) is 6.06. The Kier molecular flexibility index (Phi) is 3.51. The lowest BCUT2D eigenvalue weighted by atomic mass is 10.0. The van der Waals surface area contributed by atoms with Gasteiger partial charge in [-0.2, -0.15) is 0 Å². The van der Waals surface area contributed by atoms with Gasteiger partial charge < -0.3 is 14.7 Å². The van der Waals surface area contributed by atoms with Crippen molar-refractivity contribution >= 4 is 6.09 Å². The van der Waals surface area contributed by atoms with Gasteiger partial charge in [-0.3, -0.25) is 0 Å². The Hall–Kier alpha value is -1.78. The first-order chi connectivity index (χ1) is 9.67. The molecule has 0 radical (unpaired) electrons. The number of aromatic nitrogens is 1. The first-order valence-electron chi connectivity index (χ1n) is 7.31. The maximum atomic E-state index is 11.2. The van der Waals surface area contributed by atoms with Crippen LogP contribution >= 0.6 is 0 Å². The van der Waals surface area contributed by atoms with Crippen molar-refractivity contribution in [3.8, 4) is 5.88 Å². The van der Waals surface area contributed by atoms with Crippen LogP contribution in [-0.4, -0.2) is 39.3 Å². The van der Waals surface area contributed by atoms with Gasteiger partial charge in [-0.05, 0) is 25.3 Å². The zero-order chi connectivity index (χ0) is 14.1. The second-order valence-electron chi connectivity index (χ2n) is 5.61. The lowest BCUT2D eigenvalue weighted by molar-refractivity contribution is 0.0476. The van der Waals surface area contributed by atoms with Gasteiger partial charge in [-0.15, -0.1) is 0 Å². The van der Waals surface area contributed by atoms with Crippen LogP contribution in [0.5, 0.6) is 5.88 Å². The fourth-order valence-electron chi connectivity index (χ4n) is 3.43. The first kappa shape index (κ1) is 13.2. The van der Waals surface area contributed by atoms with E-state index in [0.717, 1.165) is 37.8 Å². The van der Waals surface area contributed by atoms with Crippen LogP contribution in [0.2, 0.25) is 0 Å². The molecular weight excluding hydrogens is 256 g/mol. The van der Waals surface area contributed by atoms with Crippen LogP contribution in [0.4, 0.5) is 4.79 Å². The molecule has 0 spiro atoms. The van der Waals surface area contributed by atoms with Crippen LogP contribution in [-0.2, 0) is 6.42 Å². The number of pyridine rings is 1. The molecule has 0 saturated carbocycles. The molecule has 0 aliphatic carbocycles. The summed E-state index contributed by atoms with van der Waals surface area (Å²) in [6.45, 7) is 2.07. The molecule has 2 fully saturated rings. The van der Waals surface area contributed by atoms with E-state index in [1.165, 1.54) is 0 Å². The first-order valence-corrected chi connectivity index (χ1v) is 7.31. The third-order valence-corrected chi connectivity index (χ3v) is 4.34. The van der Waals surface area contributed by atoms with Crippen molar-refractivity contribution in [2.45, 2.75) is 57.2 Å². The molecule has 2 aliphatic heterocycles. The monoisotopic (exact) mass is 276 g/mol. The molecule has 2 atom stereocenters. The van der Waals surface area contributed by atoms with Gasteiger partial charge in [0.15, 0.2) is 0 Å². The van der Waals surface area contributed by atoms with E-state index in [-0.39, 0.29) is 18.2 Å². The Bertz CT molecular complexity index is 492. The molecule has 3 heterocycles. The zero-order valence-corrected chi connectivity index (χ0v) is 11.7. The van der Waals surface area contributed by atoms with E-state index in [1.54, 1.807) is 4.90 Å². The standard InChI is InChI=1S/C15H20N2O3/c1-2-10-4-3-5-14(16-10)20-13-8-11-6-7-12(9-13)17(11)15(18)19/h3-5,11-13H,2,6-9H2,1H3,(H,18,19). The molecule has 1 N–H and O–H groups in total. The summed E-state index contributed by atoms with van der Waals surface area (Å²) in [5.74, 6) is 0.664. The van der Waals surface area contributed by atoms with Crippen molar-refractivity contribution in [1.29, 1.82) is 0 Å². The lowest BCUT2D eigenvalue weighted by Gasteiger charge is -2.36. The molecule has 1 amide bonds. The molecule has 2 aliphatic rings. The quantitative estimate of drug-likeness (QED) is 0.922. The van der Waals surface area contributed by atoms with E-state index in [9.17, 15) is 9.90 Å². The summed E-state index contributed by atoms with van der Waals surface area (Å²) in [5.41, 5.74) is 1.02. The molecule has 5 nitrogen and oxygen atoms in total. The van der Waals surface area contributed by atoms with E-state index < -0.39 is 6.09 Å². The van der Waals surface area contributed by atoms with Crippen LogP contribution in [0.1, 0.15) is 38.3 Å². The number of fused-ring (bicyclic) bond motifs is 2. The molecule has 2 bridgehead atoms. The van der Waals surface area contributed by atoms with E-state index in [1.807, 2.05) is 18.2 Å². The molecule has 1 aromatic heterocycles. The van der Waals surface area contributed by atoms with Gasteiger partial charge >= 0.3 is 6.09 Å². The number of piperidine rings is 1. The van der Waals surface area contributed by atoms with Gasteiger partial charge in [0.05, 0.1) is 0 Å². The molecule has 108 valence electrons. The highest BCUT2D eigenvalue weighted by molar-refractivity contribution is 5.66. The molecule has 5 heteroatoms. The molecule has 20 heavy (non-hydrogen) atoms. The summed E-state index contributed by atoms with van der Waals surface area (Å²) >= 11 is 0. The van der Waals surface area contributed by atoms with Crippen LogP contribution in [0, 0.1) is 0 Å². The van der Waals surface area contributed by atoms with Gasteiger partial charge in [-0.1, -0.05) is 13.0 Å². The smallest absolute Gasteiger partial charge is 0.407 e. The van der Waals surface area contributed by atoms with Gasteiger partial charge in [0.2, 0.25) is 5.88 Å². The fraction of sp³-hybridized carbons (Fsp3) is 0.600. The zero-order valence-electron chi connectivity index (χ0n) is 11.7. The summed E-state index contributed by atoms with van der Waals surface area (Å²) in [6.07, 6.45) is 3.66. The molecule has 2 saturated heterocycles. The number of hydrogen-bond donors (Lipinski definition) is 1. The number of nitrogens with zero attached hydrogens (tertiary/aromatic N) is 2. The maximum absolute atomic E-state index is 11.2. The van der Waals surface area contributed by atoms with Gasteiger partial charge in [0.1, 0.15) is 6.10 Å². The normalized spacial score (nSPS) is 28.4. The molecule has 2 unspecified atom stereocenters. The van der Waals surface area contributed by atoms with Crippen molar-refractivity contribution in [2.24, 2.45) is 0 Å². The minimum Gasteiger partial charge on any atom is -0.474 e. The van der Waals surface area contributed by atoms with Crippen LogP contribution in [0.15, 0.2) is 18.2 Å². The summed E-state index contributed by atoms with van der Waals surface area (Å²) in [5, 5.41) is 9.24. The van der Waals surface area contributed by atoms with Crippen LogP contribution < -0.4 is 4.74 Å². The lowest BCUT2D eigenvalue weighted by Crippen LogP contribution is -2.48. The Morgan fingerprint density at radius 2 is 2.10 bits per heavy atom. The maximum Gasteiger partial charge on any atom is 0.407 e. The molecule has 0 aromatic carbocycles. The minimum atomic E-state index is -0.790. The third-order valence-electron chi connectivity index (χ3n) is 4.34. The topological polar surface area (TPSA) is 62.7 Å². The molecule has 3 rings (SSSR count). The summed E-state index contributed by atoms with van der Waals surface area (Å²) < 4.78 is 5.98. The van der Waals surface area contributed by atoms with Crippen LogP contribution in [0.3, 0.4) is 0 Å². The summed E-state index contributed by atoms with van der Waals surface area (Å²) in [7, 11) is 0. The largest absolute Gasteiger partial charge is 0.474 e. The van der Waals surface area contributed by atoms with E-state index >= 15 is 0 Å². The molecular formula is C15H20N2O3. The molecule has 1 aromatic rings. The number of amides is 1. The highest BCUT2D eigenvalue weighted by Gasteiger charge is 2.44. The number of aryl methyl sites for hydroxylation is 1. The van der Waals surface area contributed by atoms with Gasteiger partial charge in [-0.25, -0.2) is 9.78 Å². The minimum absolute atomic E-state index is 0.0858. The second kappa shape index (κ2) is 5.31. The van der Waals surface area contributed by atoms with Gasteiger partial charge in [0.25, 0.3) is 0 Å². The average molecular weight is 276 g/mol. The highest BCUT2D eigenvalue weighted by atomic mass is 16.5. The van der Waals surface area contributed by atoms with Crippen LogP contribution in [0.25, 0.3) is 0 Å². The third kappa shape index (κ3) is 2.44. The highest BCUT2D eigenvalue weighted by Crippen LogP contribution is 2.37. The van der Waals surface area contributed by atoms with Gasteiger partial charge in [0, 0.05) is 36.7 Å². The average Bonchev–Trinajstić information content (AvgIpc) is 2.71. The van der Waals surface area contributed by atoms with E-state index in [2.05, 4.69) is 11.9 Å². The van der Waals surface area contributed by atoms with Crippen molar-refractivity contribution in [1.82, 2.24) is 9.88 Å². The Labute approximate surface area is 118 Å². The SMILES string of the molecule is CCc1cccc(OC2CC3CCC(C2)N3C(=O)O)n1. The number of carboxylic acid groups (broad SMARTS) is 1. The predicted molar refractivity (Wildman–Crippen MR) is 73.9 cm³/mol. The number of rotatable bonds is 3. The fourth-order valence-corrected chi connectivity index (χ4v) is 3.43. The number of carbonyl (C=O) groups is 1.